The third-order valence-corrected chi connectivity index (χ3v) is 4.33. The van der Waals surface area contributed by atoms with Gasteiger partial charge < -0.3 is 5.32 Å². The zero-order valence-electron chi connectivity index (χ0n) is 11.0. The van der Waals surface area contributed by atoms with E-state index in [1.165, 1.54) is 11.3 Å². The molecule has 1 fully saturated rings. The van der Waals surface area contributed by atoms with Gasteiger partial charge in [-0.2, -0.15) is 0 Å². The molecule has 1 amide bonds. The summed E-state index contributed by atoms with van der Waals surface area (Å²) in [6, 6.07) is 0. The molecule has 0 aliphatic carbocycles. The average Bonchev–Trinajstić information content (AvgIpc) is 2.99. The topological polar surface area (TPSA) is 66.9 Å². The van der Waals surface area contributed by atoms with Crippen LogP contribution in [-0.4, -0.2) is 28.2 Å². The van der Waals surface area contributed by atoms with Crippen LogP contribution < -0.4 is 10.6 Å². The van der Waals surface area contributed by atoms with Gasteiger partial charge in [-0.05, 0) is 32.2 Å². The van der Waals surface area contributed by atoms with Crippen molar-refractivity contribution in [2.75, 3.05) is 11.9 Å². The molecule has 6 heteroatoms. The number of nitrogens with one attached hydrogen (secondary N) is 2. The van der Waals surface area contributed by atoms with Crippen molar-refractivity contribution in [3.8, 4) is 0 Å². The number of rotatable bonds is 5. The molecule has 1 aliphatic rings. The first kappa shape index (κ1) is 13.4. The lowest BCUT2D eigenvalue weighted by molar-refractivity contribution is -0.122. The van der Waals surface area contributed by atoms with Crippen molar-refractivity contribution >= 4 is 22.4 Å². The molecule has 0 saturated carbocycles. The van der Waals surface area contributed by atoms with Gasteiger partial charge in [0, 0.05) is 0 Å². The van der Waals surface area contributed by atoms with Crippen molar-refractivity contribution in [1.82, 2.24) is 15.5 Å². The maximum atomic E-state index is 12.4. The van der Waals surface area contributed by atoms with E-state index in [1.807, 2.05) is 6.92 Å². The summed E-state index contributed by atoms with van der Waals surface area (Å²) >= 11 is 1.45. The molecule has 1 aromatic heterocycles. The highest BCUT2D eigenvalue weighted by Gasteiger charge is 2.40. The number of carbonyl (C=O) groups is 1. The summed E-state index contributed by atoms with van der Waals surface area (Å²) in [4.78, 5) is 12.4. The van der Waals surface area contributed by atoms with Gasteiger partial charge in [-0.1, -0.05) is 31.6 Å². The van der Waals surface area contributed by atoms with E-state index >= 15 is 0 Å². The molecule has 2 heterocycles. The molecule has 18 heavy (non-hydrogen) atoms. The molecule has 0 bridgehead atoms. The van der Waals surface area contributed by atoms with Crippen LogP contribution in [0.3, 0.4) is 0 Å². The van der Waals surface area contributed by atoms with Gasteiger partial charge in [-0.3, -0.25) is 10.1 Å². The van der Waals surface area contributed by atoms with Gasteiger partial charge in [0.1, 0.15) is 5.01 Å². The van der Waals surface area contributed by atoms with Gasteiger partial charge in [0.15, 0.2) is 0 Å². The van der Waals surface area contributed by atoms with Gasteiger partial charge in [0.2, 0.25) is 11.0 Å². The Morgan fingerprint density at radius 1 is 1.50 bits per heavy atom. The number of nitrogens with zero attached hydrogens (tertiary/aromatic N) is 2. The van der Waals surface area contributed by atoms with Gasteiger partial charge in [-0.15, -0.1) is 10.2 Å². The first-order valence-electron chi connectivity index (χ1n) is 6.59. The Hall–Kier alpha value is -1.01. The van der Waals surface area contributed by atoms with Crippen LogP contribution in [0.15, 0.2) is 0 Å². The third-order valence-electron chi connectivity index (χ3n) is 3.34. The summed E-state index contributed by atoms with van der Waals surface area (Å²) in [7, 11) is 0. The fraction of sp³-hybridized carbons (Fsp3) is 0.750. The minimum atomic E-state index is -0.396. The lowest BCUT2D eigenvalue weighted by atomic mass is 9.91. The monoisotopic (exact) mass is 268 g/mol. The quantitative estimate of drug-likeness (QED) is 0.856. The molecule has 5 nitrogen and oxygen atoms in total. The normalized spacial score (nSPS) is 23.2. The highest BCUT2D eigenvalue weighted by molar-refractivity contribution is 7.15. The van der Waals surface area contributed by atoms with E-state index in [0.29, 0.717) is 5.13 Å². The predicted octanol–water partition coefficient (Wildman–Crippen LogP) is 1.96. The Labute approximate surface area is 111 Å². The molecular formula is C12H20N4OS. The van der Waals surface area contributed by atoms with Gasteiger partial charge in [0.05, 0.1) is 5.54 Å². The second-order valence-corrected chi connectivity index (χ2v) is 5.73. The maximum absolute atomic E-state index is 12.4. The largest absolute Gasteiger partial charge is 0.303 e. The first-order chi connectivity index (χ1) is 8.70. The second-order valence-electron chi connectivity index (χ2n) is 4.67. The smallest absolute Gasteiger partial charge is 0.246 e. The number of hydrogen-bond acceptors (Lipinski definition) is 5. The zero-order valence-corrected chi connectivity index (χ0v) is 11.8. The van der Waals surface area contributed by atoms with Crippen LogP contribution in [0.2, 0.25) is 0 Å². The van der Waals surface area contributed by atoms with Gasteiger partial charge in [0.25, 0.3) is 0 Å². The molecular weight excluding hydrogens is 248 g/mol. The van der Waals surface area contributed by atoms with Crippen molar-refractivity contribution in [2.45, 2.75) is 51.5 Å². The SMILES string of the molecule is CCCC1(C(=O)Nc2nnc(CC)s2)CCCN1. The summed E-state index contributed by atoms with van der Waals surface area (Å²) in [6.45, 7) is 5.06. The number of hydrogen-bond donors (Lipinski definition) is 2. The number of anilines is 1. The third kappa shape index (κ3) is 2.70. The maximum Gasteiger partial charge on any atom is 0.246 e. The minimum absolute atomic E-state index is 0.0423. The Balaban J connectivity index is 2.05. The van der Waals surface area contributed by atoms with E-state index < -0.39 is 5.54 Å². The van der Waals surface area contributed by atoms with Crippen molar-refractivity contribution < 1.29 is 4.79 Å². The Kier molecular flexibility index (Phi) is 4.29. The van der Waals surface area contributed by atoms with Gasteiger partial charge >= 0.3 is 0 Å². The molecule has 0 spiro atoms. The number of aromatic nitrogens is 2. The summed E-state index contributed by atoms with van der Waals surface area (Å²) in [5.41, 5.74) is -0.396. The number of amides is 1. The van der Waals surface area contributed by atoms with E-state index in [0.717, 1.165) is 43.7 Å². The molecule has 0 radical (unpaired) electrons. The minimum Gasteiger partial charge on any atom is -0.303 e. The van der Waals surface area contributed by atoms with E-state index in [9.17, 15) is 4.79 Å². The van der Waals surface area contributed by atoms with Crippen LogP contribution in [0.25, 0.3) is 0 Å². The molecule has 0 aromatic carbocycles. The van der Waals surface area contributed by atoms with Crippen LogP contribution in [-0.2, 0) is 11.2 Å². The fourth-order valence-electron chi connectivity index (χ4n) is 2.42. The standard InChI is InChI=1S/C12H20N4OS/c1-3-6-12(7-5-8-13-12)10(17)14-11-16-15-9(4-2)18-11/h13H,3-8H2,1-2H3,(H,14,16,17). The van der Waals surface area contributed by atoms with Crippen molar-refractivity contribution in [3.05, 3.63) is 5.01 Å². The van der Waals surface area contributed by atoms with Crippen LogP contribution in [0.5, 0.6) is 0 Å². The summed E-state index contributed by atoms with van der Waals surface area (Å²) < 4.78 is 0. The summed E-state index contributed by atoms with van der Waals surface area (Å²) in [6.07, 6.45) is 4.69. The molecule has 1 saturated heterocycles. The highest BCUT2D eigenvalue weighted by Crippen LogP contribution is 2.27. The lowest BCUT2D eigenvalue weighted by Gasteiger charge is -2.27. The first-order valence-corrected chi connectivity index (χ1v) is 7.40. The lowest BCUT2D eigenvalue weighted by Crippen LogP contribution is -2.50. The highest BCUT2D eigenvalue weighted by atomic mass is 32.1. The molecule has 2 rings (SSSR count). The average molecular weight is 268 g/mol. The Morgan fingerprint density at radius 2 is 2.33 bits per heavy atom. The van der Waals surface area contributed by atoms with E-state index in [-0.39, 0.29) is 5.91 Å². The van der Waals surface area contributed by atoms with Crippen LogP contribution in [0.4, 0.5) is 5.13 Å². The van der Waals surface area contributed by atoms with Crippen LogP contribution >= 0.6 is 11.3 Å². The van der Waals surface area contributed by atoms with E-state index in [2.05, 4.69) is 27.8 Å². The molecule has 2 N–H and O–H groups in total. The van der Waals surface area contributed by atoms with E-state index in [1.54, 1.807) is 0 Å². The van der Waals surface area contributed by atoms with Crippen LogP contribution in [0, 0.1) is 0 Å². The fourth-order valence-corrected chi connectivity index (χ4v) is 3.09. The number of carbonyl (C=O) groups excluding carboxylic acids is 1. The predicted molar refractivity (Wildman–Crippen MR) is 72.8 cm³/mol. The van der Waals surface area contributed by atoms with Gasteiger partial charge in [-0.25, -0.2) is 0 Å². The zero-order chi connectivity index (χ0) is 13.0. The summed E-state index contributed by atoms with van der Waals surface area (Å²) in [5, 5.41) is 15.8. The molecule has 1 atom stereocenters. The Morgan fingerprint density at radius 3 is 2.89 bits per heavy atom. The van der Waals surface area contributed by atoms with Crippen molar-refractivity contribution in [2.24, 2.45) is 0 Å². The van der Waals surface area contributed by atoms with E-state index in [4.69, 9.17) is 0 Å². The molecule has 1 aromatic rings. The van der Waals surface area contributed by atoms with Crippen LogP contribution in [0.1, 0.15) is 44.5 Å². The summed E-state index contributed by atoms with van der Waals surface area (Å²) in [5.74, 6) is 0.0423. The van der Waals surface area contributed by atoms with Crippen molar-refractivity contribution in [3.63, 3.8) is 0 Å². The number of aryl methyl sites for hydroxylation is 1. The van der Waals surface area contributed by atoms with Crippen molar-refractivity contribution in [1.29, 1.82) is 0 Å². The second kappa shape index (κ2) is 5.75. The molecule has 1 aliphatic heterocycles. The molecule has 1 unspecified atom stereocenters. The Bertz CT molecular complexity index is 412. The molecule has 100 valence electrons.